The Hall–Kier alpha value is -2.25. The number of methoxy groups -OCH3 is 1. The first kappa shape index (κ1) is 22.0. The molecule has 0 saturated heterocycles. The molecule has 2 bridgehead atoms. The summed E-state index contributed by atoms with van der Waals surface area (Å²) in [5, 5.41) is 3.43. The topological polar surface area (TPSA) is 75.7 Å². The third-order valence-electron chi connectivity index (χ3n) is 6.39. The average molecular weight is 463 g/mol. The van der Waals surface area contributed by atoms with E-state index < -0.39 is 10.0 Å². The fourth-order valence-corrected chi connectivity index (χ4v) is 6.39. The smallest absolute Gasteiger partial charge is 0.264 e. The number of fused-ring (bicyclic) bond motifs is 2. The molecular formula is C23H27ClN2O4S. The number of carbonyl (C=O) groups is 1. The molecule has 2 saturated carbocycles. The molecule has 0 heterocycles. The molecule has 1 N–H and O–H groups in total. The molecule has 6 nitrogen and oxygen atoms in total. The predicted molar refractivity (Wildman–Crippen MR) is 121 cm³/mol. The highest BCUT2D eigenvalue weighted by atomic mass is 35.5. The van der Waals surface area contributed by atoms with Crippen LogP contribution in [-0.4, -0.2) is 34.0 Å². The Morgan fingerprint density at radius 1 is 1.16 bits per heavy atom. The quantitative estimate of drug-likeness (QED) is 0.670. The molecule has 0 spiro atoms. The number of aryl methyl sites for hydroxylation is 1. The third kappa shape index (κ3) is 4.53. The van der Waals surface area contributed by atoms with Gasteiger partial charge in [0.05, 0.1) is 17.7 Å². The third-order valence-corrected chi connectivity index (χ3v) is 8.40. The number of nitrogens with one attached hydrogen (secondary N) is 1. The van der Waals surface area contributed by atoms with Crippen molar-refractivity contribution in [2.75, 3.05) is 18.0 Å². The van der Waals surface area contributed by atoms with E-state index in [9.17, 15) is 13.2 Å². The van der Waals surface area contributed by atoms with Crippen molar-refractivity contribution in [3.63, 3.8) is 0 Å². The van der Waals surface area contributed by atoms with E-state index in [-0.39, 0.29) is 29.1 Å². The molecular weight excluding hydrogens is 436 g/mol. The van der Waals surface area contributed by atoms with Crippen molar-refractivity contribution in [3.05, 3.63) is 53.1 Å². The molecule has 0 radical (unpaired) electrons. The number of hydrogen-bond donors (Lipinski definition) is 1. The maximum Gasteiger partial charge on any atom is 0.264 e. The van der Waals surface area contributed by atoms with Gasteiger partial charge in [-0.1, -0.05) is 35.7 Å². The summed E-state index contributed by atoms with van der Waals surface area (Å²) in [7, 11) is -2.57. The second-order valence-electron chi connectivity index (χ2n) is 8.49. The maximum atomic E-state index is 13.6. The van der Waals surface area contributed by atoms with Gasteiger partial charge in [-0.25, -0.2) is 8.42 Å². The van der Waals surface area contributed by atoms with Crippen LogP contribution in [0.4, 0.5) is 5.69 Å². The Bertz CT molecular complexity index is 1070. The Morgan fingerprint density at radius 3 is 2.52 bits per heavy atom. The normalized spacial score (nSPS) is 22.4. The van der Waals surface area contributed by atoms with Crippen LogP contribution in [0, 0.1) is 18.8 Å². The van der Waals surface area contributed by atoms with E-state index in [2.05, 4.69) is 5.32 Å². The van der Waals surface area contributed by atoms with E-state index in [1.807, 2.05) is 6.92 Å². The zero-order chi connectivity index (χ0) is 22.2. The fraction of sp³-hybridized carbons (Fsp3) is 0.435. The van der Waals surface area contributed by atoms with Gasteiger partial charge in [0.2, 0.25) is 5.91 Å². The Morgan fingerprint density at radius 2 is 1.90 bits per heavy atom. The van der Waals surface area contributed by atoms with Crippen LogP contribution in [0.5, 0.6) is 5.75 Å². The van der Waals surface area contributed by atoms with E-state index in [1.165, 1.54) is 19.6 Å². The molecule has 166 valence electrons. The molecule has 4 rings (SSSR count). The van der Waals surface area contributed by atoms with E-state index >= 15 is 0 Å². The highest BCUT2D eigenvalue weighted by molar-refractivity contribution is 7.92. The summed E-state index contributed by atoms with van der Waals surface area (Å²) in [5.74, 6) is 1.18. The van der Waals surface area contributed by atoms with Crippen LogP contribution in [-0.2, 0) is 14.8 Å². The van der Waals surface area contributed by atoms with Crippen LogP contribution in [0.15, 0.2) is 47.4 Å². The molecule has 2 aliphatic carbocycles. The second-order valence-corrected chi connectivity index (χ2v) is 10.8. The summed E-state index contributed by atoms with van der Waals surface area (Å²) in [4.78, 5) is 13.1. The van der Waals surface area contributed by atoms with Crippen LogP contribution >= 0.6 is 11.6 Å². The molecule has 8 heteroatoms. The van der Waals surface area contributed by atoms with Crippen molar-refractivity contribution in [1.29, 1.82) is 0 Å². The molecule has 0 aromatic heterocycles. The maximum absolute atomic E-state index is 13.6. The van der Waals surface area contributed by atoms with E-state index in [4.69, 9.17) is 16.3 Å². The summed E-state index contributed by atoms with van der Waals surface area (Å²) in [6, 6.07) is 11.4. The Balaban J connectivity index is 1.66. The first-order valence-electron chi connectivity index (χ1n) is 10.5. The van der Waals surface area contributed by atoms with Gasteiger partial charge in [0.25, 0.3) is 10.0 Å². The summed E-state index contributed by atoms with van der Waals surface area (Å²) in [6.45, 7) is 1.54. The first-order chi connectivity index (χ1) is 14.8. The van der Waals surface area contributed by atoms with Gasteiger partial charge in [-0.3, -0.25) is 9.10 Å². The highest BCUT2D eigenvalue weighted by Gasteiger charge is 2.40. The lowest BCUT2D eigenvalue weighted by atomic mass is 9.95. The minimum Gasteiger partial charge on any atom is -0.495 e. The number of amides is 1. The van der Waals surface area contributed by atoms with Gasteiger partial charge in [-0.05, 0) is 68.4 Å². The standard InChI is InChI=1S/C23H27ClN2O4S/c1-15-3-8-19(9-4-15)31(28,29)26(21-13-18(24)7-10-22(21)30-2)14-23(27)25-20-12-16-5-6-17(20)11-16/h3-4,7-10,13,16-17,20H,5-6,11-12,14H2,1-2H3,(H,25,27)/t16-,17-,20+/m0/s1. The molecule has 3 atom stereocenters. The van der Waals surface area contributed by atoms with Gasteiger partial charge in [-0.15, -0.1) is 0 Å². The molecule has 0 unspecified atom stereocenters. The summed E-state index contributed by atoms with van der Waals surface area (Å²) in [6.07, 6.45) is 4.48. The lowest BCUT2D eigenvalue weighted by Crippen LogP contribution is -2.46. The van der Waals surface area contributed by atoms with E-state index in [1.54, 1.807) is 36.4 Å². The summed E-state index contributed by atoms with van der Waals surface area (Å²) < 4.78 is 33.6. The molecule has 2 aromatic carbocycles. The fourth-order valence-electron chi connectivity index (χ4n) is 4.80. The molecule has 2 aromatic rings. The minimum absolute atomic E-state index is 0.104. The van der Waals surface area contributed by atoms with Crippen molar-refractivity contribution in [3.8, 4) is 5.75 Å². The number of nitrogens with zero attached hydrogens (tertiary/aromatic N) is 1. The highest BCUT2D eigenvalue weighted by Crippen LogP contribution is 2.44. The number of benzene rings is 2. The SMILES string of the molecule is COc1ccc(Cl)cc1N(CC(=O)N[C@@H]1C[C@H]2CC[C@H]1C2)S(=O)(=O)c1ccc(C)cc1. The van der Waals surface area contributed by atoms with Crippen molar-refractivity contribution < 1.29 is 17.9 Å². The van der Waals surface area contributed by atoms with Crippen LogP contribution in [0.3, 0.4) is 0 Å². The van der Waals surface area contributed by atoms with Gasteiger partial charge in [-0.2, -0.15) is 0 Å². The number of ether oxygens (including phenoxy) is 1. The zero-order valence-corrected chi connectivity index (χ0v) is 19.2. The van der Waals surface area contributed by atoms with Gasteiger partial charge >= 0.3 is 0 Å². The molecule has 31 heavy (non-hydrogen) atoms. The first-order valence-corrected chi connectivity index (χ1v) is 12.3. The predicted octanol–water partition coefficient (Wildman–Crippen LogP) is 4.16. The summed E-state index contributed by atoms with van der Waals surface area (Å²) >= 11 is 6.17. The van der Waals surface area contributed by atoms with Crippen LogP contribution in [0.1, 0.15) is 31.2 Å². The van der Waals surface area contributed by atoms with Crippen molar-refractivity contribution >= 4 is 33.2 Å². The van der Waals surface area contributed by atoms with Gasteiger partial charge in [0.1, 0.15) is 12.3 Å². The summed E-state index contributed by atoms with van der Waals surface area (Å²) in [5.41, 5.74) is 1.18. The van der Waals surface area contributed by atoms with Crippen molar-refractivity contribution in [1.82, 2.24) is 5.32 Å². The second kappa shape index (κ2) is 8.71. The van der Waals surface area contributed by atoms with Gasteiger partial charge in [0, 0.05) is 11.1 Å². The monoisotopic (exact) mass is 462 g/mol. The molecule has 0 aliphatic heterocycles. The van der Waals surface area contributed by atoms with Crippen molar-refractivity contribution in [2.24, 2.45) is 11.8 Å². The van der Waals surface area contributed by atoms with E-state index in [0.29, 0.717) is 22.6 Å². The molecule has 2 fully saturated rings. The van der Waals surface area contributed by atoms with Crippen molar-refractivity contribution in [2.45, 2.75) is 43.5 Å². The number of halogens is 1. The van der Waals surface area contributed by atoms with Gasteiger partial charge in [0.15, 0.2) is 0 Å². The average Bonchev–Trinajstić information content (AvgIpc) is 3.35. The zero-order valence-electron chi connectivity index (χ0n) is 17.7. The Kier molecular flexibility index (Phi) is 6.17. The Labute approximate surface area is 188 Å². The number of anilines is 1. The number of rotatable bonds is 7. The van der Waals surface area contributed by atoms with Crippen LogP contribution in [0.2, 0.25) is 5.02 Å². The molecule has 2 aliphatic rings. The number of carbonyl (C=O) groups excluding carboxylic acids is 1. The lowest BCUT2D eigenvalue weighted by Gasteiger charge is -2.28. The van der Waals surface area contributed by atoms with Gasteiger partial charge < -0.3 is 10.1 Å². The number of sulfonamides is 1. The lowest BCUT2D eigenvalue weighted by molar-refractivity contribution is -0.120. The largest absolute Gasteiger partial charge is 0.495 e. The molecule has 1 amide bonds. The van der Waals surface area contributed by atoms with E-state index in [0.717, 1.165) is 29.1 Å². The number of hydrogen-bond acceptors (Lipinski definition) is 4. The van der Waals surface area contributed by atoms with Crippen LogP contribution < -0.4 is 14.4 Å². The van der Waals surface area contributed by atoms with Crippen LogP contribution in [0.25, 0.3) is 0 Å². The minimum atomic E-state index is -4.03.